The fourth-order valence-corrected chi connectivity index (χ4v) is 3.38. The Hall–Kier alpha value is -1.61. The molecule has 114 valence electrons. The molecule has 7 heteroatoms. The van der Waals surface area contributed by atoms with Crippen LogP contribution in [0.5, 0.6) is 0 Å². The van der Waals surface area contributed by atoms with E-state index in [1.54, 1.807) is 6.07 Å². The fourth-order valence-electron chi connectivity index (χ4n) is 1.73. The van der Waals surface area contributed by atoms with Crippen molar-refractivity contribution in [2.75, 3.05) is 5.32 Å². The van der Waals surface area contributed by atoms with Gasteiger partial charge in [0.1, 0.15) is 6.61 Å². The molecule has 2 aromatic carbocycles. The van der Waals surface area contributed by atoms with E-state index in [0.29, 0.717) is 8.04 Å². The van der Waals surface area contributed by atoms with E-state index in [2.05, 4.69) is 21.2 Å². The van der Waals surface area contributed by atoms with Crippen molar-refractivity contribution in [1.82, 2.24) is 0 Å². The topological polar surface area (TPSA) is 75.6 Å². The third kappa shape index (κ3) is 4.44. The molecule has 0 spiro atoms. The number of halogens is 2. The second-order valence-corrected chi connectivity index (χ2v) is 6.38. The highest BCUT2D eigenvalue weighted by molar-refractivity contribution is 14.1. The molecule has 1 amide bonds. The molecule has 2 aromatic rings. The van der Waals surface area contributed by atoms with Crippen LogP contribution in [0, 0.1) is 3.57 Å². The van der Waals surface area contributed by atoms with Gasteiger partial charge in [0.25, 0.3) is 0 Å². The molecule has 0 aliphatic heterocycles. The van der Waals surface area contributed by atoms with E-state index < -0.39 is 12.1 Å². The van der Waals surface area contributed by atoms with Gasteiger partial charge in [0, 0.05) is 8.04 Å². The molecule has 0 saturated heterocycles. The lowest BCUT2D eigenvalue weighted by Gasteiger charge is -2.12. The van der Waals surface area contributed by atoms with Crippen LogP contribution >= 0.6 is 38.5 Å². The Morgan fingerprint density at radius 1 is 1.23 bits per heavy atom. The van der Waals surface area contributed by atoms with E-state index in [1.807, 2.05) is 52.9 Å². The lowest BCUT2D eigenvalue weighted by molar-refractivity contribution is 0.0698. The highest BCUT2D eigenvalue weighted by Crippen LogP contribution is 2.28. The monoisotopic (exact) mass is 475 g/mol. The van der Waals surface area contributed by atoms with E-state index in [0.717, 1.165) is 5.56 Å². The Balaban J connectivity index is 2.10. The van der Waals surface area contributed by atoms with Gasteiger partial charge in [-0.1, -0.05) is 46.3 Å². The first-order valence-electron chi connectivity index (χ1n) is 6.17. The van der Waals surface area contributed by atoms with Crippen LogP contribution in [-0.2, 0) is 11.3 Å². The Kier molecular flexibility index (Phi) is 5.78. The largest absolute Gasteiger partial charge is 0.478 e. The van der Waals surface area contributed by atoms with E-state index >= 15 is 0 Å². The number of ether oxygens (including phenoxy) is 1. The second-order valence-electron chi connectivity index (χ2n) is 4.30. The Labute approximate surface area is 148 Å². The van der Waals surface area contributed by atoms with Crippen molar-refractivity contribution < 1.29 is 19.4 Å². The van der Waals surface area contributed by atoms with Crippen LogP contribution in [0.3, 0.4) is 0 Å². The van der Waals surface area contributed by atoms with Gasteiger partial charge < -0.3 is 9.84 Å². The van der Waals surface area contributed by atoms with Gasteiger partial charge in [-0.3, -0.25) is 5.32 Å². The van der Waals surface area contributed by atoms with Crippen molar-refractivity contribution in [3.8, 4) is 0 Å². The highest BCUT2D eigenvalue weighted by Gasteiger charge is 2.17. The summed E-state index contributed by atoms with van der Waals surface area (Å²) in [7, 11) is 0. The minimum atomic E-state index is -1.13. The zero-order valence-electron chi connectivity index (χ0n) is 11.2. The molecular formula is C15H11BrINO4. The van der Waals surface area contributed by atoms with Gasteiger partial charge in [0.2, 0.25) is 0 Å². The Bertz CT molecular complexity index is 706. The summed E-state index contributed by atoms with van der Waals surface area (Å²) >= 11 is 5.19. The lowest BCUT2D eigenvalue weighted by atomic mass is 10.2. The quantitative estimate of drug-likeness (QED) is 0.638. The van der Waals surface area contributed by atoms with Crippen molar-refractivity contribution in [2.45, 2.75) is 6.61 Å². The van der Waals surface area contributed by atoms with Gasteiger partial charge in [0.05, 0.1) is 11.3 Å². The number of amides is 1. The molecule has 0 saturated carbocycles. The summed E-state index contributed by atoms with van der Waals surface area (Å²) in [4.78, 5) is 23.1. The highest BCUT2D eigenvalue weighted by atomic mass is 127. The number of benzene rings is 2. The van der Waals surface area contributed by atoms with Crippen LogP contribution in [0.4, 0.5) is 10.5 Å². The number of nitrogens with one attached hydrogen (secondary N) is 1. The average Bonchev–Trinajstić information content (AvgIpc) is 2.48. The third-order valence-electron chi connectivity index (χ3n) is 2.73. The molecule has 0 aliphatic rings. The molecule has 0 atom stereocenters. The first-order valence-corrected chi connectivity index (χ1v) is 8.04. The van der Waals surface area contributed by atoms with Crippen molar-refractivity contribution in [3.05, 3.63) is 61.6 Å². The number of aromatic carboxylic acids is 1. The molecular weight excluding hydrogens is 465 g/mol. The minimum Gasteiger partial charge on any atom is -0.478 e. The molecule has 2 N–H and O–H groups in total. The molecule has 0 fully saturated rings. The maximum atomic E-state index is 11.9. The van der Waals surface area contributed by atoms with Crippen LogP contribution in [-0.4, -0.2) is 17.2 Å². The predicted molar refractivity (Wildman–Crippen MR) is 94.1 cm³/mol. The van der Waals surface area contributed by atoms with E-state index in [9.17, 15) is 14.7 Å². The number of carboxylic acid groups (broad SMARTS) is 1. The van der Waals surface area contributed by atoms with Crippen LogP contribution < -0.4 is 5.32 Å². The van der Waals surface area contributed by atoms with Crippen LogP contribution in [0.1, 0.15) is 15.9 Å². The molecule has 0 bridgehead atoms. The third-order valence-corrected chi connectivity index (χ3v) is 4.03. The standard InChI is InChI=1S/C15H11BrINO4/c16-10-6-11(14(19)20)13(12(17)7-10)18-15(21)22-8-9-4-2-1-3-5-9/h1-7H,8H2,(H,18,21)(H,19,20). The number of carbonyl (C=O) groups excluding carboxylic acids is 1. The predicted octanol–water partition coefficient (Wildman–Crippen LogP) is 4.50. The minimum absolute atomic E-state index is 0.00423. The maximum Gasteiger partial charge on any atom is 0.412 e. The van der Waals surface area contributed by atoms with E-state index in [4.69, 9.17) is 4.74 Å². The Morgan fingerprint density at radius 2 is 1.91 bits per heavy atom. The first kappa shape index (κ1) is 16.8. The van der Waals surface area contributed by atoms with E-state index in [-0.39, 0.29) is 17.9 Å². The maximum absolute atomic E-state index is 11.9. The number of rotatable bonds is 4. The zero-order valence-corrected chi connectivity index (χ0v) is 14.9. The summed E-state index contributed by atoms with van der Waals surface area (Å²) in [5, 5.41) is 11.7. The molecule has 0 radical (unpaired) electrons. The number of carbonyl (C=O) groups is 2. The van der Waals surface area contributed by atoms with Crippen molar-refractivity contribution >= 4 is 56.3 Å². The molecule has 0 aliphatic carbocycles. The van der Waals surface area contributed by atoms with Gasteiger partial charge in [-0.15, -0.1) is 0 Å². The van der Waals surface area contributed by atoms with Gasteiger partial charge in [0.15, 0.2) is 0 Å². The van der Waals surface area contributed by atoms with Crippen LogP contribution in [0.25, 0.3) is 0 Å². The summed E-state index contributed by atoms with van der Waals surface area (Å²) in [5.41, 5.74) is 1.06. The summed E-state index contributed by atoms with van der Waals surface area (Å²) in [6.45, 7) is 0.113. The fraction of sp³-hybridized carbons (Fsp3) is 0.0667. The molecule has 2 rings (SSSR count). The molecule has 0 unspecified atom stereocenters. The number of carboxylic acids is 1. The number of anilines is 1. The number of hydrogen-bond donors (Lipinski definition) is 2. The van der Waals surface area contributed by atoms with Gasteiger partial charge in [-0.05, 0) is 40.3 Å². The van der Waals surface area contributed by atoms with Crippen LogP contribution in [0.15, 0.2) is 46.9 Å². The van der Waals surface area contributed by atoms with Crippen LogP contribution in [0.2, 0.25) is 0 Å². The average molecular weight is 476 g/mol. The van der Waals surface area contributed by atoms with Gasteiger partial charge in [-0.2, -0.15) is 0 Å². The lowest BCUT2D eigenvalue weighted by Crippen LogP contribution is -2.17. The van der Waals surface area contributed by atoms with Crippen molar-refractivity contribution in [3.63, 3.8) is 0 Å². The SMILES string of the molecule is O=C(Nc1c(I)cc(Br)cc1C(=O)O)OCc1ccccc1. The van der Waals surface area contributed by atoms with Gasteiger partial charge in [-0.25, -0.2) is 9.59 Å². The summed E-state index contributed by atoms with van der Waals surface area (Å²) in [5.74, 6) is -1.13. The number of hydrogen-bond acceptors (Lipinski definition) is 3. The Morgan fingerprint density at radius 3 is 2.55 bits per heavy atom. The van der Waals surface area contributed by atoms with Crippen molar-refractivity contribution in [2.24, 2.45) is 0 Å². The molecule has 0 aromatic heterocycles. The van der Waals surface area contributed by atoms with Gasteiger partial charge >= 0.3 is 12.1 Å². The second kappa shape index (κ2) is 7.59. The summed E-state index contributed by atoms with van der Waals surface area (Å²) in [6.07, 6.45) is -0.702. The zero-order chi connectivity index (χ0) is 16.1. The normalized spacial score (nSPS) is 10.1. The van der Waals surface area contributed by atoms with Crippen molar-refractivity contribution in [1.29, 1.82) is 0 Å². The molecule has 5 nitrogen and oxygen atoms in total. The molecule has 0 heterocycles. The summed E-state index contributed by atoms with van der Waals surface area (Å²) in [6, 6.07) is 12.4. The smallest absolute Gasteiger partial charge is 0.412 e. The summed E-state index contributed by atoms with van der Waals surface area (Å²) < 4.78 is 6.31. The molecule has 22 heavy (non-hydrogen) atoms. The van der Waals surface area contributed by atoms with E-state index in [1.165, 1.54) is 6.07 Å². The first-order chi connectivity index (χ1) is 10.5.